The third kappa shape index (κ3) is 2.97. The van der Waals surface area contributed by atoms with Gasteiger partial charge in [0.05, 0.1) is 16.7 Å². The summed E-state index contributed by atoms with van der Waals surface area (Å²) in [6.07, 6.45) is -2.22. The molecule has 0 spiro atoms. The van der Waals surface area contributed by atoms with Crippen LogP contribution in [-0.2, 0) is 6.18 Å². The van der Waals surface area contributed by atoms with Crippen LogP contribution in [0.5, 0.6) is 0 Å². The van der Waals surface area contributed by atoms with E-state index in [4.69, 9.17) is 0 Å². The van der Waals surface area contributed by atoms with Gasteiger partial charge >= 0.3 is 6.18 Å². The first kappa shape index (κ1) is 15.3. The average Bonchev–Trinajstić information content (AvgIpc) is 2.32. The van der Waals surface area contributed by atoms with Crippen molar-refractivity contribution < 1.29 is 22.4 Å². The molecule has 0 unspecified atom stereocenters. The van der Waals surface area contributed by atoms with Crippen LogP contribution in [0.15, 0.2) is 18.2 Å². The summed E-state index contributed by atoms with van der Waals surface area (Å²) in [6, 6.07) is 1.83. The number of rotatable bonds is 3. The lowest BCUT2D eigenvalue weighted by molar-refractivity contribution is -0.137. The highest BCUT2D eigenvalue weighted by atomic mass is 79.9. The zero-order valence-corrected chi connectivity index (χ0v) is 11.9. The first-order chi connectivity index (χ1) is 9.27. The second kappa shape index (κ2) is 5.35. The van der Waals surface area contributed by atoms with E-state index in [0.29, 0.717) is 23.5 Å². The van der Waals surface area contributed by atoms with Crippen LogP contribution in [0.1, 0.15) is 35.2 Å². The van der Waals surface area contributed by atoms with Crippen molar-refractivity contribution in [2.24, 2.45) is 0 Å². The number of halogens is 5. The van der Waals surface area contributed by atoms with Crippen molar-refractivity contribution in [3.05, 3.63) is 35.1 Å². The van der Waals surface area contributed by atoms with E-state index < -0.39 is 34.6 Å². The van der Waals surface area contributed by atoms with Crippen molar-refractivity contribution in [3.63, 3.8) is 0 Å². The molecule has 1 aromatic rings. The average molecular weight is 354 g/mol. The predicted octanol–water partition coefficient (Wildman–Crippen LogP) is 3.89. The van der Waals surface area contributed by atoms with Gasteiger partial charge in [-0.05, 0) is 37.5 Å². The molecule has 2 nitrogen and oxygen atoms in total. The Labute approximate surface area is 121 Å². The van der Waals surface area contributed by atoms with Gasteiger partial charge in [-0.1, -0.05) is 15.9 Å². The van der Waals surface area contributed by atoms with Gasteiger partial charge in [0, 0.05) is 5.33 Å². The number of nitrogens with one attached hydrogen (secondary N) is 1. The minimum atomic E-state index is -4.60. The Morgan fingerprint density at radius 1 is 1.35 bits per heavy atom. The van der Waals surface area contributed by atoms with Crippen LogP contribution in [0, 0.1) is 5.82 Å². The second-order valence-electron chi connectivity index (χ2n) is 4.91. The minimum absolute atomic E-state index is 0.474. The number of carbonyl (C=O) groups excluding carboxylic acids is 1. The standard InChI is InChI=1S/C13H12BrF4NO/c14-7-12(4-1-5-12)19-11(20)9-6-8(13(16,17)18)2-3-10(9)15/h2-3,6H,1,4-5,7H2,(H,19,20). The normalized spacial score (nSPS) is 17.4. The van der Waals surface area contributed by atoms with Crippen LogP contribution < -0.4 is 5.32 Å². The fourth-order valence-electron chi connectivity index (χ4n) is 2.08. The first-order valence-corrected chi connectivity index (χ1v) is 7.15. The van der Waals surface area contributed by atoms with E-state index in [2.05, 4.69) is 21.2 Å². The van der Waals surface area contributed by atoms with Crippen molar-refractivity contribution >= 4 is 21.8 Å². The lowest BCUT2D eigenvalue weighted by Gasteiger charge is -2.41. The van der Waals surface area contributed by atoms with Gasteiger partial charge < -0.3 is 5.32 Å². The van der Waals surface area contributed by atoms with Gasteiger partial charge in [-0.15, -0.1) is 0 Å². The van der Waals surface area contributed by atoms with Crippen molar-refractivity contribution in [3.8, 4) is 0 Å². The minimum Gasteiger partial charge on any atom is -0.346 e. The van der Waals surface area contributed by atoms with E-state index in [1.807, 2.05) is 0 Å². The van der Waals surface area contributed by atoms with Gasteiger partial charge in [0.1, 0.15) is 5.82 Å². The summed E-state index contributed by atoms with van der Waals surface area (Å²) in [5.41, 5.74) is -2.09. The summed E-state index contributed by atoms with van der Waals surface area (Å²) >= 11 is 3.26. The van der Waals surface area contributed by atoms with Gasteiger partial charge in [0.25, 0.3) is 5.91 Å². The van der Waals surface area contributed by atoms with Crippen molar-refractivity contribution in [2.45, 2.75) is 31.0 Å². The van der Waals surface area contributed by atoms with Crippen molar-refractivity contribution in [1.29, 1.82) is 0 Å². The second-order valence-corrected chi connectivity index (χ2v) is 5.47. The summed E-state index contributed by atoms with van der Waals surface area (Å²) in [5.74, 6) is -1.77. The lowest BCUT2D eigenvalue weighted by Crippen LogP contribution is -2.55. The van der Waals surface area contributed by atoms with Crippen LogP contribution in [0.4, 0.5) is 17.6 Å². The summed E-state index contributed by atoms with van der Waals surface area (Å²) in [4.78, 5) is 12.0. The number of hydrogen-bond donors (Lipinski definition) is 1. The summed E-state index contributed by atoms with van der Waals surface area (Å²) < 4.78 is 51.3. The van der Waals surface area contributed by atoms with Crippen LogP contribution >= 0.6 is 15.9 Å². The Hall–Kier alpha value is -1.11. The quantitative estimate of drug-likeness (QED) is 0.648. The molecule has 7 heteroatoms. The van der Waals surface area contributed by atoms with E-state index in [1.165, 1.54) is 0 Å². The maximum atomic E-state index is 13.6. The molecule has 2 rings (SSSR count). The number of amides is 1. The Morgan fingerprint density at radius 2 is 2.00 bits per heavy atom. The molecule has 1 aliphatic carbocycles. The Balaban J connectivity index is 2.25. The molecular weight excluding hydrogens is 342 g/mol. The highest BCUT2D eigenvalue weighted by molar-refractivity contribution is 9.09. The fraction of sp³-hybridized carbons (Fsp3) is 0.462. The third-order valence-electron chi connectivity index (χ3n) is 3.48. The molecule has 1 amide bonds. The smallest absolute Gasteiger partial charge is 0.346 e. The van der Waals surface area contributed by atoms with Gasteiger partial charge in [0.15, 0.2) is 0 Å². The lowest BCUT2D eigenvalue weighted by atomic mass is 9.78. The summed E-state index contributed by atoms with van der Waals surface area (Å²) in [5, 5.41) is 3.11. The van der Waals surface area contributed by atoms with Crippen LogP contribution in [0.25, 0.3) is 0 Å². The zero-order chi connectivity index (χ0) is 15.0. The number of alkyl halides is 4. The topological polar surface area (TPSA) is 29.1 Å². The zero-order valence-electron chi connectivity index (χ0n) is 10.4. The number of benzene rings is 1. The molecule has 0 saturated heterocycles. The first-order valence-electron chi connectivity index (χ1n) is 6.03. The molecule has 0 atom stereocenters. The Morgan fingerprint density at radius 3 is 2.45 bits per heavy atom. The fourth-order valence-corrected chi connectivity index (χ4v) is 2.78. The molecule has 1 saturated carbocycles. The van der Waals surface area contributed by atoms with Gasteiger partial charge in [-0.3, -0.25) is 4.79 Å². The maximum Gasteiger partial charge on any atom is 0.416 e. The summed E-state index contributed by atoms with van der Waals surface area (Å²) in [6.45, 7) is 0. The van der Waals surface area contributed by atoms with E-state index in [9.17, 15) is 22.4 Å². The highest BCUT2D eigenvalue weighted by Crippen LogP contribution is 2.34. The monoisotopic (exact) mass is 353 g/mol. The Kier molecular flexibility index (Phi) is 4.09. The van der Waals surface area contributed by atoms with Crippen molar-refractivity contribution in [2.75, 3.05) is 5.33 Å². The third-order valence-corrected chi connectivity index (χ3v) is 4.56. The molecule has 1 aliphatic rings. The Bertz CT molecular complexity index is 520. The van der Waals surface area contributed by atoms with Gasteiger partial charge in [-0.2, -0.15) is 13.2 Å². The predicted molar refractivity (Wildman–Crippen MR) is 69.2 cm³/mol. The van der Waals surface area contributed by atoms with E-state index >= 15 is 0 Å². The molecule has 0 bridgehead atoms. The molecule has 1 N–H and O–H groups in total. The molecule has 0 radical (unpaired) electrons. The summed E-state index contributed by atoms with van der Waals surface area (Å²) in [7, 11) is 0. The molecule has 1 aromatic carbocycles. The van der Waals surface area contributed by atoms with E-state index in [0.717, 1.165) is 19.3 Å². The maximum absolute atomic E-state index is 13.6. The highest BCUT2D eigenvalue weighted by Gasteiger charge is 2.38. The largest absolute Gasteiger partial charge is 0.416 e. The molecule has 1 fully saturated rings. The molecule has 0 heterocycles. The van der Waals surface area contributed by atoms with Crippen LogP contribution in [0.3, 0.4) is 0 Å². The van der Waals surface area contributed by atoms with E-state index in [-0.39, 0.29) is 0 Å². The number of hydrogen-bond acceptors (Lipinski definition) is 1. The van der Waals surface area contributed by atoms with Crippen LogP contribution in [-0.4, -0.2) is 16.8 Å². The molecular formula is C13H12BrF4NO. The molecule has 20 heavy (non-hydrogen) atoms. The molecule has 110 valence electrons. The molecule has 0 aliphatic heterocycles. The number of carbonyl (C=O) groups is 1. The van der Waals surface area contributed by atoms with Crippen LogP contribution in [0.2, 0.25) is 0 Å². The van der Waals surface area contributed by atoms with Gasteiger partial charge in [0.2, 0.25) is 0 Å². The van der Waals surface area contributed by atoms with Gasteiger partial charge in [-0.25, -0.2) is 4.39 Å². The molecule has 0 aromatic heterocycles. The SMILES string of the molecule is O=C(NC1(CBr)CCC1)c1cc(C(F)(F)F)ccc1F. The van der Waals surface area contributed by atoms with Crippen molar-refractivity contribution in [1.82, 2.24) is 5.32 Å². The van der Waals surface area contributed by atoms with E-state index in [1.54, 1.807) is 0 Å².